The fourth-order valence-corrected chi connectivity index (χ4v) is 1.59. The molecule has 1 aromatic carbocycles. The summed E-state index contributed by atoms with van der Waals surface area (Å²) in [6.45, 7) is 5.13. The van der Waals surface area contributed by atoms with Gasteiger partial charge in [-0.25, -0.2) is 9.18 Å². The van der Waals surface area contributed by atoms with Crippen LogP contribution in [0.3, 0.4) is 0 Å². The smallest absolute Gasteiger partial charge is 0.328 e. The van der Waals surface area contributed by atoms with E-state index in [9.17, 15) is 9.18 Å². The minimum Gasteiger partial charge on any atom is -0.478 e. The number of benzene rings is 1. The first-order valence-electron chi connectivity index (χ1n) is 6.41. The van der Waals surface area contributed by atoms with Crippen LogP contribution < -0.4 is 0 Å². The highest BCUT2D eigenvalue weighted by atomic mass is 19.1. The third-order valence-electron chi connectivity index (χ3n) is 2.49. The van der Waals surface area contributed by atoms with E-state index in [1.807, 2.05) is 13.8 Å². The number of carboxylic acids is 1. The molecular weight excluding hydrogens is 263 g/mol. The molecule has 0 aliphatic carbocycles. The molecule has 0 fully saturated rings. The van der Waals surface area contributed by atoms with Crippen molar-refractivity contribution in [3.05, 3.63) is 41.2 Å². The molecule has 4 nitrogen and oxygen atoms in total. The summed E-state index contributed by atoms with van der Waals surface area (Å²) in [6, 6.07) is 4.33. The Morgan fingerprint density at radius 1 is 1.45 bits per heavy atom. The monoisotopic (exact) mass is 282 g/mol. The molecule has 0 heterocycles. The van der Waals surface area contributed by atoms with Crippen LogP contribution >= 0.6 is 0 Å². The van der Waals surface area contributed by atoms with Crippen LogP contribution in [0.2, 0.25) is 0 Å². The van der Waals surface area contributed by atoms with Crippen LogP contribution in [0.25, 0.3) is 6.08 Å². The maximum absolute atomic E-state index is 13.4. The SMILES string of the molecule is CCOCC(C)OCc1cc(F)cc(/C=C/C(=O)O)c1. The van der Waals surface area contributed by atoms with Crippen LogP contribution in [0.5, 0.6) is 0 Å². The van der Waals surface area contributed by atoms with Crippen LogP contribution in [0.1, 0.15) is 25.0 Å². The molecule has 1 atom stereocenters. The molecule has 0 radical (unpaired) electrons. The van der Waals surface area contributed by atoms with E-state index in [0.717, 1.165) is 6.08 Å². The van der Waals surface area contributed by atoms with E-state index in [2.05, 4.69) is 0 Å². The minimum atomic E-state index is -1.07. The molecule has 0 saturated heterocycles. The van der Waals surface area contributed by atoms with E-state index < -0.39 is 11.8 Å². The Morgan fingerprint density at radius 2 is 2.20 bits per heavy atom. The van der Waals surface area contributed by atoms with Crippen LogP contribution in [0.4, 0.5) is 4.39 Å². The van der Waals surface area contributed by atoms with Gasteiger partial charge in [0.2, 0.25) is 0 Å². The van der Waals surface area contributed by atoms with Crippen molar-refractivity contribution in [3.8, 4) is 0 Å². The predicted molar refractivity (Wildman–Crippen MR) is 73.8 cm³/mol. The lowest BCUT2D eigenvalue weighted by molar-refractivity contribution is -0.131. The first-order valence-corrected chi connectivity index (χ1v) is 6.41. The lowest BCUT2D eigenvalue weighted by Gasteiger charge is -2.13. The van der Waals surface area contributed by atoms with Gasteiger partial charge < -0.3 is 14.6 Å². The number of carboxylic acid groups (broad SMARTS) is 1. The fourth-order valence-electron chi connectivity index (χ4n) is 1.59. The fraction of sp³-hybridized carbons (Fsp3) is 0.400. The third kappa shape index (κ3) is 6.45. The summed E-state index contributed by atoms with van der Waals surface area (Å²) in [5.41, 5.74) is 1.14. The standard InChI is InChI=1S/C15H19FO4/c1-3-19-9-11(2)20-10-13-6-12(4-5-15(17)18)7-14(16)8-13/h4-8,11H,3,9-10H2,1-2H3,(H,17,18)/b5-4+. The molecular formula is C15H19FO4. The molecule has 0 aromatic heterocycles. The maximum atomic E-state index is 13.4. The molecule has 0 saturated carbocycles. The van der Waals surface area contributed by atoms with Gasteiger partial charge in [0.05, 0.1) is 19.3 Å². The van der Waals surface area contributed by atoms with Crippen LogP contribution in [-0.4, -0.2) is 30.4 Å². The van der Waals surface area contributed by atoms with E-state index in [-0.39, 0.29) is 12.7 Å². The predicted octanol–water partition coefficient (Wildman–Crippen LogP) is 2.87. The molecule has 5 heteroatoms. The quantitative estimate of drug-likeness (QED) is 0.745. The molecule has 20 heavy (non-hydrogen) atoms. The lowest BCUT2D eigenvalue weighted by Crippen LogP contribution is -2.15. The minimum absolute atomic E-state index is 0.0868. The van der Waals surface area contributed by atoms with E-state index in [0.29, 0.717) is 24.3 Å². The van der Waals surface area contributed by atoms with E-state index >= 15 is 0 Å². The Balaban J connectivity index is 2.63. The Bertz CT molecular complexity index is 471. The largest absolute Gasteiger partial charge is 0.478 e. The Hall–Kier alpha value is -1.72. The van der Waals surface area contributed by atoms with Crippen molar-refractivity contribution in [2.45, 2.75) is 26.6 Å². The van der Waals surface area contributed by atoms with Crippen molar-refractivity contribution >= 4 is 12.0 Å². The third-order valence-corrected chi connectivity index (χ3v) is 2.49. The summed E-state index contributed by atoms with van der Waals surface area (Å²) < 4.78 is 24.2. The summed E-state index contributed by atoms with van der Waals surface area (Å²) in [5, 5.41) is 8.55. The molecule has 1 rings (SSSR count). The van der Waals surface area contributed by atoms with Crippen LogP contribution in [0, 0.1) is 5.82 Å². The molecule has 1 unspecified atom stereocenters. The molecule has 0 spiro atoms. The first kappa shape index (κ1) is 16.3. The number of aliphatic carboxylic acids is 1. The zero-order valence-electron chi connectivity index (χ0n) is 11.6. The lowest BCUT2D eigenvalue weighted by atomic mass is 10.1. The van der Waals surface area contributed by atoms with Gasteiger partial charge in [-0.2, -0.15) is 0 Å². The number of hydrogen-bond donors (Lipinski definition) is 1. The number of halogens is 1. The number of rotatable bonds is 8. The van der Waals surface area contributed by atoms with Crippen LogP contribution in [-0.2, 0) is 20.9 Å². The summed E-state index contributed by atoms with van der Waals surface area (Å²) >= 11 is 0. The Morgan fingerprint density at radius 3 is 2.85 bits per heavy atom. The molecule has 0 aliphatic rings. The van der Waals surface area contributed by atoms with Gasteiger partial charge in [0, 0.05) is 12.7 Å². The highest BCUT2D eigenvalue weighted by Crippen LogP contribution is 2.13. The van der Waals surface area contributed by atoms with Crippen LogP contribution in [0.15, 0.2) is 24.3 Å². The average Bonchev–Trinajstić information content (AvgIpc) is 2.40. The topological polar surface area (TPSA) is 55.8 Å². The summed E-state index contributed by atoms with van der Waals surface area (Å²) in [7, 11) is 0. The second-order valence-electron chi connectivity index (χ2n) is 4.35. The van der Waals surface area contributed by atoms with Crippen molar-refractivity contribution in [2.75, 3.05) is 13.2 Å². The van der Waals surface area contributed by atoms with Gasteiger partial charge in [-0.3, -0.25) is 0 Å². The van der Waals surface area contributed by atoms with Crippen molar-refractivity contribution < 1.29 is 23.8 Å². The summed E-state index contributed by atoms with van der Waals surface area (Å²) in [5.74, 6) is -1.49. The highest BCUT2D eigenvalue weighted by molar-refractivity contribution is 5.85. The van der Waals surface area contributed by atoms with Crippen molar-refractivity contribution in [1.29, 1.82) is 0 Å². The second-order valence-corrected chi connectivity index (χ2v) is 4.35. The summed E-state index contributed by atoms with van der Waals surface area (Å²) in [6.07, 6.45) is 2.23. The molecule has 1 aromatic rings. The van der Waals surface area contributed by atoms with Gasteiger partial charge in [-0.1, -0.05) is 0 Å². The average molecular weight is 282 g/mol. The Labute approximate surface area is 117 Å². The molecule has 0 bridgehead atoms. The highest BCUT2D eigenvalue weighted by Gasteiger charge is 2.05. The van der Waals surface area contributed by atoms with Gasteiger partial charge in [0.1, 0.15) is 5.82 Å². The molecule has 1 N–H and O–H groups in total. The maximum Gasteiger partial charge on any atom is 0.328 e. The van der Waals surface area contributed by atoms with E-state index in [4.69, 9.17) is 14.6 Å². The summed E-state index contributed by atoms with van der Waals surface area (Å²) in [4.78, 5) is 10.4. The number of ether oxygens (including phenoxy) is 2. The number of hydrogen-bond acceptors (Lipinski definition) is 3. The van der Waals surface area contributed by atoms with Crippen molar-refractivity contribution in [3.63, 3.8) is 0 Å². The van der Waals surface area contributed by atoms with E-state index in [1.165, 1.54) is 18.2 Å². The van der Waals surface area contributed by atoms with E-state index in [1.54, 1.807) is 6.07 Å². The van der Waals surface area contributed by atoms with Gasteiger partial charge in [-0.05, 0) is 49.2 Å². The normalized spacial score (nSPS) is 12.8. The molecule has 0 aliphatic heterocycles. The van der Waals surface area contributed by atoms with Gasteiger partial charge >= 0.3 is 5.97 Å². The van der Waals surface area contributed by atoms with Gasteiger partial charge in [0.15, 0.2) is 0 Å². The van der Waals surface area contributed by atoms with Crippen molar-refractivity contribution in [1.82, 2.24) is 0 Å². The van der Waals surface area contributed by atoms with Crippen molar-refractivity contribution in [2.24, 2.45) is 0 Å². The zero-order valence-corrected chi connectivity index (χ0v) is 11.6. The number of carbonyl (C=O) groups is 1. The van der Waals surface area contributed by atoms with Gasteiger partial charge in [-0.15, -0.1) is 0 Å². The molecule has 0 amide bonds. The van der Waals surface area contributed by atoms with Gasteiger partial charge in [0.25, 0.3) is 0 Å². The Kier molecular flexibility index (Phi) is 6.90. The molecule has 110 valence electrons. The zero-order chi connectivity index (χ0) is 15.0. The first-order chi connectivity index (χ1) is 9.51. The second kappa shape index (κ2) is 8.45.